The first-order valence-electron chi connectivity index (χ1n) is 8.66. The van der Waals surface area contributed by atoms with Crippen molar-refractivity contribution in [1.82, 2.24) is 5.32 Å². The van der Waals surface area contributed by atoms with Crippen molar-refractivity contribution in [2.24, 2.45) is 0 Å². The molecular formula is C22H17NO3. The molecule has 0 fully saturated rings. The molecule has 0 saturated carbocycles. The number of benzene rings is 3. The molecule has 3 aromatic carbocycles. The second-order valence-corrected chi connectivity index (χ2v) is 6.48. The lowest BCUT2D eigenvalue weighted by molar-refractivity contribution is -0.121. The zero-order valence-electron chi connectivity index (χ0n) is 14.1. The number of fused-ring (bicyclic) bond motifs is 4. The first-order valence-corrected chi connectivity index (χ1v) is 8.66. The molecule has 3 aromatic rings. The fourth-order valence-corrected chi connectivity index (χ4v) is 3.85. The van der Waals surface area contributed by atoms with Crippen molar-refractivity contribution < 1.29 is 14.3 Å². The van der Waals surface area contributed by atoms with Crippen LogP contribution in [0.2, 0.25) is 0 Å². The number of nitrogens with one attached hydrogen (secondary N) is 1. The summed E-state index contributed by atoms with van der Waals surface area (Å²) >= 11 is 0. The van der Waals surface area contributed by atoms with Gasteiger partial charge in [0.05, 0.1) is 5.92 Å². The third-order valence-electron chi connectivity index (χ3n) is 5.03. The molecule has 5 rings (SSSR count). The van der Waals surface area contributed by atoms with E-state index in [0.717, 1.165) is 39.3 Å². The highest BCUT2D eigenvalue weighted by molar-refractivity contribution is 5.96. The van der Waals surface area contributed by atoms with Crippen LogP contribution >= 0.6 is 0 Å². The Morgan fingerprint density at radius 1 is 0.885 bits per heavy atom. The van der Waals surface area contributed by atoms with Gasteiger partial charge in [-0.05, 0) is 28.3 Å². The SMILES string of the molecule is O=C(NCc1cccc2c1OCO2)C1c2ccccc2-c2ccccc21. The van der Waals surface area contributed by atoms with E-state index in [4.69, 9.17) is 9.47 Å². The van der Waals surface area contributed by atoms with Gasteiger partial charge in [-0.3, -0.25) is 4.79 Å². The van der Waals surface area contributed by atoms with Crippen LogP contribution in [0.4, 0.5) is 0 Å². The quantitative estimate of drug-likeness (QED) is 0.786. The smallest absolute Gasteiger partial charge is 0.232 e. The summed E-state index contributed by atoms with van der Waals surface area (Å²) < 4.78 is 10.9. The second-order valence-electron chi connectivity index (χ2n) is 6.48. The molecule has 1 aliphatic carbocycles. The van der Waals surface area contributed by atoms with E-state index >= 15 is 0 Å². The summed E-state index contributed by atoms with van der Waals surface area (Å²) in [6.07, 6.45) is 0. The van der Waals surface area contributed by atoms with Gasteiger partial charge in [0, 0.05) is 12.1 Å². The molecule has 2 aliphatic rings. The predicted molar refractivity (Wildman–Crippen MR) is 98.1 cm³/mol. The summed E-state index contributed by atoms with van der Waals surface area (Å²) in [7, 11) is 0. The topological polar surface area (TPSA) is 47.6 Å². The maximum atomic E-state index is 13.1. The molecule has 1 aliphatic heterocycles. The molecule has 0 unspecified atom stereocenters. The first kappa shape index (κ1) is 15.0. The molecule has 1 heterocycles. The zero-order valence-corrected chi connectivity index (χ0v) is 14.1. The number of amides is 1. The van der Waals surface area contributed by atoms with Gasteiger partial charge >= 0.3 is 0 Å². The number of hydrogen-bond acceptors (Lipinski definition) is 3. The third kappa shape index (κ3) is 2.26. The Morgan fingerprint density at radius 2 is 1.58 bits per heavy atom. The molecule has 0 saturated heterocycles. The predicted octanol–water partition coefficient (Wildman–Crippen LogP) is 3.84. The van der Waals surface area contributed by atoms with Crippen molar-refractivity contribution >= 4 is 5.91 Å². The Labute approximate surface area is 151 Å². The minimum atomic E-state index is -0.281. The molecule has 0 aromatic heterocycles. The molecule has 1 N–H and O–H groups in total. The van der Waals surface area contributed by atoms with Gasteiger partial charge in [-0.2, -0.15) is 0 Å². The van der Waals surface area contributed by atoms with Crippen LogP contribution in [0.3, 0.4) is 0 Å². The average molecular weight is 343 g/mol. The van der Waals surface area contributed by atoms with Crippen molar-refractivity contribution in [1.29, 1.82) is 0 Å². The zero-order chi connectivity index (χ0) is 17.5. The highest BCUT2D eigenvalue weighted by atomic mass is 16.7. The Morgan fingerprint density at radius 3 is 2.31 bits per heavy atom. The normalized spacial score (nSPS) is 14.0. The summed E-state index contributed by atoms with van der Waals surface area (Å²) in [5.74, 6) is 1.17. The molecule has 0 radical (unpaired) electrons. The lowest BCUT2D eigenvalue weighted by Crippen LogP contribution is -2.28. The minimum Gasteiger partial charge on any atom is -0.454 e. The van der Waals surface area contributed by atoms with Crippen LogP contribution in [0.15, 0.2) is 66.7 Å². The molecule has 26 heavy (non-hydrogen) atoms. The summed E-state index contributed by atoms with van der Waals surface area (Å²) in [5, 5.41) is 3.08. The first-order chi connectivity index (χ1) is 12.8. The van der Waals surface area contributed by atoms with Gasteiger partial charge in [0.25, 0.3) is 0 Å². The lowest BCUT2D eigenvalue weighted by Gasteiger charge is -2.14. The molecule has 128 valence electrons. The fourth-order valence-electron chi connectivity index (χ4n) is 3.85. The summed E-state index contributed by atoms with van der Waals surface area (Å²) in [6.45, 7) is 0.635. The monoisotopic (exact) mass is 343 g/mol. The van der Waals surface area contributed by atoms with Crippen molar-refractivity contribution in [3.63, 3.8) is 0 Å². The van der Waals surface area contributed by atoms with Crippen LogP contribution in [0.5, 0.6) is 11.5 Å². The van der Waals surface area contributed by atoms with E-state index in [1.54, 1.807) is 0 Å². The Bertz CT molecular complexity index is 966. The molecule has 0 atom stereocenters. The van der Waals surface area contributed by atoms with Gasteiger partial charge < -0.3 is 14.8 Å². The van der Waals surface area contributed by atoms with E-state index in [2.05, 4.69) is 17.4 Å². The van der Waals surface area contributed by atoms with Gasteiger partial charge in [-0.15, -0.1) is 0 Å². The van der Waals surface area contributed by atoms with E-state index in [0.29, 0.717) is 6.54 Å². The van der Waals surface area contributed by atoms with Crippen molar-refractivity contribution in [3.05, 3.63) is 83.4 Å². The van der Waals surface area contributed by atoms with Gasteiger partial charge in [-0.25, -0.2) is 0 Å². The van der Waals surface area contributed by atoms with Crippen LogP contribution in [0.25, 0.3) is 11.1 Å². The molecular weight excluding hydrogens is 326 g/mol. The molecule has 4 heteroatoms. The van der Waals surface area contributed by atoms with E-state index in [9.17, 15) is 4.79 Å². The maximum Gasteiger partial charge on any atom is 0.232 e. The molecule has 4 nitrogen and oxygen atoms in total. The average Bonchev–Trinajstić information content (AvgIpc) is 3.29. The number of para-hydroxylation sites is 1. The van der Waals surface area contributed by atoms with Gasteiger partial charge in [0.15, 0.2) is 11.5 Å². The van der Waals surface area contributed by atoms with Gasteiger partial charge in [-0.1, -0.05) is 60.7 Å². The van der Waals surface area contributed by atoms with Gasteiger partial charge in [0.1, 0.15) is 0 Å². The Kier molecular flexibility index (Phi) is 3.42. The number of rotatable bonds is 3. The third-order valence-corrected chi connectivity index (χ3v) is 5.03. The van der Waals surface area contributed by atoms with Crippen molar-refractivity contribution in [3.8, 4) is 22.6 Å². The molecule has 1 amide bonds. The van der Waals surface area contributed by atoms with Crippen molar-refractivity contribution in [2.75, 3.05) is 6.79 Å². The van der Waals surface area contributed by atoms with Crippen LogP contribution < -0.4 is 14.8 Å². The summed E-state index contributed by atoms with van der Waals surface area (Å²) in [4.78, 5) is 13.1. The standard InChI is InChI=1S/C22H17NO3/c24-22(23-12-14-6-5-11-19-21(14)26-13-25-19)20-17-9-3-1-7-15(17)16-8-2-4-10-18(16)20/h1-11,20H,12-13H2,(H,23,24). The Balaban J connectivity index is 1.44. The summed E-state index contributed by atoms with van der Waals surface area (Å²) in [6, 6.07) is 22.0. The number of carbonyl (C=O) groups is 1. The van der Waals surface area contributed by atoms with E-state index in [-0.39, 0.29) is 18.6 Å². The number of hydrogen-bond donors (Lipinski definition) is 1. The van der Waals surface area contributed by atoms with Crippen LogP contribution in [-0.2, 0) is 11.3 Å². The second kappa shape index (κ2) is 5.92. The van der Waals surface area contributed by atoms with E-state index < -0.39 is 0 Å². The number of ether oxygens (including phenoxy) is 2. The molecule has 0 spiro atoms. The number of carbonyl (C=O) groups excluding carboxylic acids is 1. The van der Waals surface area contributed by atoms with Crippen LogP contribution in [-0.4, -0.2) is 12.7 Å². The largest absolute Gasteiger partial charge is 0.454 e. The van der Waals surface area contributed by atoms with E-state index in [1.165, 1.54) is 0 Å². The fraction of sp³-hybridized carbons (Fsp3) is 0.136. The highest BCUT2D eigenvalue weighted by Crippen LogP contribution is 2.44. The van der Waals surface area contributed by atoms with Crippen molar-refractivity contribution in [2.45, 2.75) is 12.5 Å². The molecule has 0 bridgehead atoms. The van der Waals surface area contributed by atoms with Gasteiger partial charge in [0.2, 0.25) is 12.7 Å². The highest BCUT2D eigenvalue weighted by Gasteiger charge is 2.33. The van der Waals surface area contributed by atoms with Crippen LogP contribution in [0, 0.1) is 0 Å². The minimum absolute atomic E-state index is 0.00100. The van der Waals surface area contributed by atoms with Crippen LogP contribution in [0.1, 0.15) is 22.6 Å². The Hall–Kier alpha value is -3.27. The maximum absolute atomic E-state index is 13.1. The van der Waals surface area contributed by atoms with E-state index in [1.807, 2.05) is 54.6 Å². The lowest BCUT2D eigenvalue weighted by atomic mass is 9.96. The summed E-state index contributed by atoms with van der Waals surface area (Å²) in [5.41, 5.74) is 5.32.